The molecule has 0 radical (unpaired) electrons. The van der Waals surface area contributed by atoms with Crippen molar-refractivity contribution in [2.24, 2.45) is 9.98 Å². The van der Waals surface area contributed by atoms with Crippen LogP contribution in [0.15, 0.2) is 153 Å². The highest BCUT2D eigenvalue weighted by Gasteiger charge is 2.07. The predicted octanol–water partition coefficient (Wildman–Crippen LogP) is 10.3. The summed E-state index contributed by atoms with van der Waals surface area (Å²) in [5, 5.41) is 4.85. The van der Waals surface area contributed by atoms with Crippen LogP contribution in [-0.4, -0.2) is 12.4 Å². The minimum atomic E-state index is 0.953. The Balaban J connectivity index is 1.23. The standard InChI is InChI=1S/C34H24N2S2/c1-3-17-29-25(11-1)13-9-15-27(29)23-35-31-19-5-7-21-33(31)37-38-34-22-8-6-20-32(34)36-24-28-16-10-14-26-12-2-4-18-30(26)28/h1-24H. The van der Waals surface area contributed by atoms with Gasteiger partial charge in [-0.2, -0.15) is 0 Å². The van der Waals surface area contributed by atoms with Crippen LogP contribution in [0.4, 0.5) is 11.4 Å². The molecule has 0 saturated carbocycles. The molecule has 6 aromatic carbocycles. The van der Waals surface area contributed by atoms with E-state index in [0.717, 1.165) is 32.3 Å². The van der Waals surface area contributed by atoms with Crippen LogP contribution < -0.4 is 0 Å². The van der Waals surface area contributed by atoms with Crippen LogP contribution in [0.5, 0.6) is 0 Å². The molecule has 0 aliphatic carbocycles. The number of aliphatic imine (C=N–C) groups is 2. The zero-order valence-corrected chi connectivity index (χ0v) is 22.2. The van der Waals surface area contributed by atoms with Gasteiger partial charge in [0.15, 0.2) is 0 Å². The van der Waals surface area contributed by atoms with Crippen LogP contribution >= 0.6 is 21.6 Å². The number of benzene rings is 6. The van der Waals surface area contributed by atoms with Crippen molar-refractivity contribution < 1.29 is 0 Å². The molecule has 0 bridgehead atoms. The van der Waals surface area contributed by atoms with E-state index in [9.17, 15) is 0 Å². The summed E-state index contributed by atoms with van der Waals surface area (Å²) in [6.45, 7) is 0. The fourth-order valence-electron chi connectivity index (χ4n) is 4.36. The van der Waals surface area contributed by atoms with Crippen molar-refractivity contribution in [1.29, 1.82) is 0 Å². The third-order valence-electron chi connectivity index (χ3n) is 6.28. The summed E-state index contributed by atoms with van der Waals surface area (Å²) in [7, 11) is 3.41. The largest absolute Gasteiger partial charge is 0.255 e. The highest BCUT2D eigenvalue weighted by atomic mass is 33.1. The summed E-state index contributed by atoms with van der Waals surface area (Å²) in [5.41, 5.74) is 4.14. The summed E-state index contributed by atoms with van der Waals surface area (Å²) >= 11 is 0. The number of hydrogen-bond acceptors (Lipinski definition) is 4. The van der Waals surface area contributed by atoms with Crippen LogP contribution in [0.2, 0.25) is 0 Å². The van der Waals surface area contributed by atoms with Crippen molar-refractivity contribution in [3.05, 3.63) is 145 Å². The fourth-order valence-corrected chi connectivity index (χ4v) is 6.61. The Morgan fingerprint density at radius 1 is 0.395 bits per heavy atom. The number of rotatable bonds is 7. The summed E-state index contributed by atoms with van der Waals surface area (Å²) in [5.74, 6) is 0. The maximum Gasteiger partial charge on any atom is 0.0774 e. The first-order chi connectivity index (χ1) is 18.8. The Labute approximate surface area is 230 Å². The van der Waals surface area contributed by atoms with Crippen molar-refractivity contribution in [2.45, 2.75) is 9.79 Å². The molecule has 182 valence electrons. The maximum absolute atomic E-state index is 4.88. The lowest BCUT2D eigenvalue weighted by atomic mass is 10.1. The van der Waals surface area contributed by atoms with E-state index < -0.39 is 0 Å². The first-order valence-corrected chi connectivity index (χ1v) is 14.6. The van der Waals surface area contributed by atoms with Crippen LogP contribution in [0.1, 0.15) is 11.1 Å². The average Bonchev–Trinajstić information content (AvgIpc) is 2.98. The summed E-state index contributed by atoms with van der Waals surface area (Å²) in [4.78, 5) is 12.0. The van der Waals surface area contributed by atoms with Crippen molar-refractivity contribution >= 4 is 66.9 Å². The Morgan fingerprint density at radius 2 is 0.789 bits per heavy atom. The Morgan fingerprint density at radius 3 is 1.29 bits per heavy atom. The maximum atomic E-state index is 4.88. The molecule has 0 saturated heterocycles. The van der Waals surface area contributed by atoms with Gasteiger partial charge in [-0.15, -0.1) is 0 Å². The van der Waals surface area contributed by atoms with E-state index in [1.165, 1.54) is 21.5 Å². The van der Waals surface area contributed by atoms with E-state index in [4.69, 9.17) is 9.98 Å². The normalized spacial score (nSPS) is 11.7. The second-order valence-electron chi connectivity index (χ2n) is 8.76. The molecule has 4 heteroatoms. The molecule has 0 unspecified atom stereocenters. The van der Waals surface area contributed by atoms with Gasteiger partial charge in [0.1, 0.15) is 0 Å². The number of hydrogen-bond donors (Lipinski definition) is 0. The van der Waals surface area contributed by atoms with Gasteiger partial charge in [-0.1, -0.05) is 131 Å². The van der Waals surface area contributed by atoms with Gasteiger partial charge >= 0.3 is 0 Å². The summed E-state index contributed by atoms with van der Waals surface area (Å²) in [6.07, 6.45) is 3.93. The first-order valence-electron chi connectivity index (χ1n) is 12.4. The molecule has 38 heavy (non-hydrogen) atoms. The molecule has 0 aliphatic heterocycles. The van der Waals surface area contributed by atoms with Gasteiger partial charge in [0.25, 0.3) is 0 Å². The minimum absolute atomic E-state index is 0.953. The van der Waals surface area contributed by atoms with Crippen LogP contribution in [0.25, 0.3) is 21.5 Å². The molecular weight excluding hydrogens is 501 g/mol. The smallest absolute Gasteiger partial charge is 0.0774 e. The lowest BCUT2D eigenvalue weighted by Gasteiger charge is -2.07. The molecule has 0 aromatic heterocycles. The lowest BCUT2D eigenvalue weighted by molar-refractivity contribution is 1.38. The molecular formula is C34H24N2S2. The zero-order chi connectivity index (χ0) is 25.6. The molecule has 0 heterocycles. The molecule has 6 aromatic rings. The van der Waals surface area contributed by atoms with E-state index in [-0.39, 0.29) is 0 Å². The van der Waals surface area contributed by atoms with E-state index in [1.54, 1.807) is 21.6 Å². The van der Waals surface area contributed by atoms with Crippen molar-refractivity contribution in [3.8, 4) is 0 Å². The second-order valence-corrected chi connectivity index (χ2v) is 11.0. The van der Waals surface area contributed by atoms with Gasteiger partial charge in [-0.25, -0.2) is 0 Å². The molecule has 6 rings (SSSR count). The lowest BCUT2D eigenvalue weighted by Crippen LogP contribution is -1.84. The highest BCUT2D eigenvalue weighted by Crippen LogP contribution is 2.44. The minimum Gasteiger partial charge on any atom is -0.255 e. The molecule has 0 amide bonds. The van der Waals surface area contributed by atoms with E-state index in [2.05, 4.69) is 121 Å². The van der Waals surface area contributed by atoms with E-state index in [0.29, 0.717) is 0 Å². The van der Waals surface area contributed by atoms with Crippen molar-refractivity contribution in [3.63, 3.8) is 0 Å². The Hall–Kier alpha value is -4.12. The van der Waals surface area contributed by atoms with Gasteiger partial charge in [0.2, 0.25) is 0 Å². The molecule has 0 N–H and O–H groups in total. The van der Waals surface area contributed by atoms with Crippen LogP contribution in [0, 0.1) is 0 Å². The highest BCUT2D eigenvalue weighted by molar-refractivity contribution is 8.76. The number of nitrogens with zero attached hydrogens (tertiary/aromatic N) is 2. The van der Waals surface area contributed by atoms with E-state index >= 15 is 0 Å². The van der Waals surface area contributed by atoms with Gasteiger partial charge in [-0.3, -0.25) is 9.98 Å². The molecule has 0 spiro atoms. The quantitative estimate of drug-likeness (QED) is 0.153. The molecule has 2 nitrogen and oxygen atoms in total. The van der Waals surface area contributed by atoms with E-state index in [1.807, 2.05) is 24.6 Å². The second kappa shape index (κ2) is 11.5. The van der Waals surface area contributed by atoms with Crippen LogP contribution in [0.3, 0.4) is 0 Å². The summed E-state index contributed by atoms with van der Waals surface area (Å²) < 4.78 is 0. The molecule has 0 fully saturated rings. The predicted molar refractivity (Wildman–Crippen MR) is 167 cm³/mol. The Bertz CT molecular complexity index is 1650. The topological polar surface area (TPSA) is 24.7 Å². The van der Waals surface area contributed by atoms with Crippen molar-refractivity contribution in [2.75, 3.05) is 0 Å². The molecule has 0 aliphatic rings. The number of para-hydroxylation sites is 2. The van der Waals surface area contributed by atoms with Crippen molar-refractivity contribution in [1.82, 2.24) is 0 Å². The van der Waals surface area contributed by atoms with Gasteiger partial charge < -0.3 is 0 Å². The first kappa shape index (κ1) is 24.2. The summed E-state index contributed by atoms with van der Waals surface area (Å²) in [6, 6.07) is 46.0. The zero-order valence-electron chi connectivity index (χ0n) is 20.6. The number of fused-ring (bicyclic) bond motifs is 2. The third-order valence-corrected chi connectivity index (χ3v) is 8.74. The fraction of sp³-hybridized carbons (Fsp3) is 0. The molecule has 0 atom stereocenters. The van der Waals surface area contributed by atoms with Gasteiger partial charge in [0.05, 0.1) is 11.4 Å². The average molecular weight is 525 g/mol. The SMILES string of the molecule is C(=Nc1ccccc1SSc1ccccc1N=Cc1cccc2ccccc12)c1cccc2ccccc12. The monoisotopic (exact) mass is 524 g/mol. The van der Waals surface area contributed by atoms with Gasteiger partial charge in [-0.05, 0) is 45.8 Å². The Kier molecular flexibility index (Phi) is 7.34. The van der Waals surface area contributed by atoms with Crippen LogP contribution in [-0.2, 0) is 0 Å². The van der Waals surface area contributed by atoms with Gasteiger partial charge in [0, 0.05) is 33.3 Å². The third kappa shape index (κ3) is 5.42.